The van der Waals surface area contributed by atoms with Crippen LogP contribution in [-0.2, 0) is 0 Å². The summed E-state index contributed by atoms with van der Waals surface area (Å²) in [5, 5.41) is 14.5. The van der Waals surface area contributed by atoms with E-state index in [4.69, 9.17) is 11.6 Å². The zero-order valence-electron chi connectivity index (χ0n) is 11.3. The number of halogens is 2. The van der Waals surface area contributed by atoms with Crippen LogP contribution in [0, 0.1) is 15.5 Å². The molecule has 0 saturated heterocycles. The molecule has 1 aromatic rings. The third-order valence-electron chi connectivity index (χ3n) is 2.85. The van der Waals surface area contributed by atoms with Gasteiger partial charge in [0.15, 0.2) is 0 Å². The quantitative estimate of drug-likeness (QED) is 0.475. The molecule has 0 radical (unpaired) electrons. The Balaban J connectivity index is 2.80. The van der Waals surface area contributed by atoms with E-state index in [0.29, 0.717) is 6.54 Å². The number of benzene rings is 1. The number of hydrogen-bond acceptors (Lipinski definition) is 3. The SMILES string of the molecule is CC(C)(CCBr)CNC(=O)c1cc(Cl)cc([N+](=O)[O-])c1. The van der Waals surface area contributed by atoms with E-state index in [1.807, 2.05) is 13.8 Å². The zero-order valence-corrected chi connectivity index (χ0v) is 13.6. The van der Waals surface area contributed by atoms with Gasteiger partial charge in [0, 0.05) is 34.6 Å². The van der Waals surface area contributed by atoms with Crippen molar-refractivity contribution in [2.75, 3.05) is 11.9 Å². The first-order valence-electron chi connectivity index (χ1n) is 6.04. The number of hydrogen-bond donors (Lipinski definition) is 1. The molecule has 1 aromatic carbocycles. The van der Waals surface area contributed by atoms with E-state index in [1.165, 1.54) is 18.2 Å². The van der Waals surface area contributed by atoms with Gasteiger partial charge >= 0.3 is 0 Å². The average Bonchev–Trinajstić information content (AvgIpc) is 2.35. The topological polar surface area (TPSA) is 72.2 Å². The lowest BCUT2D eigenvalue weighted by atomic mass is 9.90. The molecular formula is C13H16BrClN2O3. The highest BCUT2D eigenvalue weighted by Gasteiger charge is 2.19. The van der Waals surface area contributed by atoms with Crippen molar-refractivity contribution in [1.82, 2.24) is 5.32 Å². The standard InChI is InChI=1S/C13H16BrClN2O3/c1-13(2,3-4-14)8-16-12(18)9-5-10(15)7-11(6-9)17(19)20/h5-7H,3-4,8H2,1-2H3,(H,16,18). The summed E-state index contributed by atoms with van der Waals surface area (Å²) in [4.78, 5) is 22.2. The monoisotopic (exact) mass is 362 g/mol. The van der Waals surface area contributed by atoms with E-state index in [-0.39, 0.29) is 27.6 Å². The number of nitrogens with one attached hydrogen (secondary N) is 1. The molecule has 0 aliphatic rings. The molecule has 1 rings (SSSR count). The van der Waals surface area contributed by atoms with E-state index in [0.717, 1.165) is 11.8 Å². The molecule has 0 unspecified atom stereocenters. The fourth-order valence-electron chi connectivity index (χ4n) is 1.58. The van der Waals surface area contributed by atoms with Crippen LogP contribution in [-0.4, -0.2) is 22.7 Å². The van der Waals surface area contributed by atoms with Gasteiger partial charge in [0.2, 0.25) is 0 Å². The number of nitrogens with zero attached hydrogens (tertiary/aromatic N) is 1. The Morgan fingerprint density at radius 2 is 2.10 bits per heavy atom. The number of alkyl halides is 1. The maximum absolute atomic E-state index is 12.0. The van der Waals surface area contributed by atoms with Crippen LogP contribution in [0.2, 0.25) is 5.02 Å². The smallest absolute Gasteiger partial charge is 0.271 e. The second-order valence-corrected chi connectivity index (χ2v) is 6.47. The number of rotatable bonds is 6. The van der Waals surface area contributed by atoms with E-state index in [9.17, 15) is 14.9 Å². The lowest BCUT2D eigenvalue weighted by molar-refractivity contribution is -0.384. The Hall–Kier alpha value is -1.14. The number of amides is 1. The van der Waals surface area contributed by atoms with Crippen molar-refractivity contribution in [2.45, 2.75) is 20.3 Å². The van der Waals surface area contributed by atoms with Gasteiger partial charge in [0.1, 0.15) is 0 Å². The van der Waals surface area contributed by atoms with Gasteiger partial charge in [-0.05, 0) is 17.9 Å². The molecule has 0 heterocycles. The maximum Gasteiger partial charge on any atom is 0.271 e. The first-order chi connectivity index (χ1) is 9.25. The summed E-state index contributed by atoms with van der Waals surface area (Å²) in [6.07, 6.45) is 0.906. The van der Waals surface area contributed by atoms with E-state index >= 15 is 0 Å². The number of carbonyl (C=O) groups is 1. The minimum Gasteiger partial charge on any atom is -0.351 e. The molecule has 0 aromatic heterocycles. The molecule has 0 fully saturated rings. The average molecular weight is 364 g/mol. The zero-order chi connectivity index (χ0) is 15.3. The summed E-state index contributed by atoms with van der Waals surface area (Å²) in [6.45, 7) is 4.56. The fraction of sp³-hybridized carbons (Fsp3) is 0.462. The van der Waals surface area contributed by atoms with Gasteiger partial charge in [0.25, 0.3) is 11.6 Å². The first kappa shape index (κ1) is 16.9. The van der Waals surface area contributed by atoms with E-state index in [2.05, 4.69) is 21.2 Å². The summed E-state index contributed by atoms with van der Waals surface area (Å²) in [6, 6.07) is 3.85. The van der Waals surface area contributed by atoms with Crippen LogP contribution in [0.25, 0.3) is 0 Å². The number of nitro groups is 1. The molecule has 7 heteroatoms. The molecule has 0 aliphatic carbocycles. The van der Waals surface area contributed by atoms with Crippen molar-refractivity contribution in [2.24, 2.45) is 5.41 Å². The van der Waals surface area contributed by atoms with Crippen molar-refractivity contribution in [3.05, 3.63) is 38.9 Å². The predicted molar refractivity (Wildman–Crippen MR) is 82.6 cm³/mol. The summed E-state index contributed by atoms with van der Waals surface area (Å²) < 4.78 is 0. The van der Waals surface area contributed by atoms with Crippen LogP contribution in [0.5, 0.6) is 0 Å². The molecule has 110 valence electrons. The summed E-state index contributed by atoms with van der Waals surface area (Å²) in [5.74, 6) is -0.363. The van der Waals surface area contributed by atoms with Gasteiger partial charge in [-0.2, -0.15) is 0 Å². The Bertz CT molecular complexity index is 520. The Morgan fingerprint density at radius 1 is 1.45 bits per heavy atom. The molecule has 1 amide bonds. The van der Waals surface area contributed by atoms with Gasteiger partial charge < -0.3 is 5.32 Å². The normalized spacial score (nSPS) is 11.2. The van der Waals surface area contributed by atoms with Crippen molar-refractivity contribution in [3.8, 4) is 0 Å². The van der Waals surface area contributed by atoms with Crippen LogP contribution >= 0.6 is 27.5 Å². The number of nitro benzene ring substituents is 1. The highest BCUT2D eigenvalue weighted by Crippen LogP contribution is 2.22. The van der Waals surface area contributed by atoms with Gasteiger partial charge in [0.05, 0.1) is 4.92 Å². The molecule has 1 N–H and O–H groups in total. The van der Waals surface area contributed by atoms with Crippen molar-refractivity contribution in [1.29, 1.82) is 0 Å². The lowest BCUT2D eigenvalue weighted by Crippen LogP contribution is -2.34. The van der Waals surface area contributed by atoms with Crippen molar-refractivity contribution < 1.29 is 9.72 Å². The van der Waals surface area contributed by atoms with Gasteiger partial charge in [-0.15, -0.1) is 0 Å². The largest absolute Gasteiger partial charge is 0.351 e. The van der Waals surface area contributed by atoms with Gasteiger partial charge in [-0.1, -0.05) is 41.4 Å². The van der Waals surface area contributed by atoms with E-state index in [1.54, 1.807) is 0 Å². The number of carbonyl (C=O) groups excluding carboxylic acids is 1. The first-order valence-corrected chi connectivity index (χ1v) is 7.54. The van der Waals surface area contributed by atoms with Crippen LogP contribution in [0.3, 0.4) is 0 Å². The summed E-state index contributed by atoms with van der Waals surface area (Å²) in [7, 11) is 0. The molecule has 0 bridgehead atoms. The molecule has 0 spiro atoms. The Kier molecular flexibility index (Phi) is 5.95. The summed E-state index contributed by atoms with van der Waals surface area (Å²) in [5.41, 5.74) is -0.0508. The minimum atomic E-state index is -0.572. The lowest BCUT2D eigenvalue weighted by Gasteiger charge is -2.23. The van der Waals surface area contributed by atoms with Crippen LogP contribution in [0.15, 0.2) is 18.2 Å². The number of non-ortho nitro benzene ring substituents is 1. The van der Waals surface area contributed by atoms with Gasteiger partial charge in [-0.3, -0.25) is 14.9 Å². The van der Waals surface area contributed by atoms with Gasteiger partial charge in [-0.25, -0.2) is 0 Å². The van der Waals surface area contributed by atoms with Crippen LogP contribution in [0.4, 0.5) is 5.69 Å². The Labute approximate surface area is 131 Å². The third-order valence-corrected chi connectivity index (χ3v) is 3.47. The molecule has 0 saturated carbocycles. The third kappa shape index (κ3) is 5.09. The van der Waals surface area contributed by atoms with Crippen molar-refractivity contribution in [3.63, 3.8) is 0 Å². The molecule has 0 aliphatic heterocycles. The predicted octanol–water partition coefficient (Wildman–Crippen LogP) is 3.79. The minimum absolute atomic E-state index is 0.0519. The van der Waals surface area contributed by atoms with Crippen molar-refractivity contribution >= 4 is 39.1 Å². The second-order valence-electron chi connectivity index (χ2n) is 5.24. The molecule has 0 atom stereocenters. The molecule has 5 nitrogen and oxygen atoms in total. The fourth-order valence-corrected chi connectivity index (χ4v) is 2.88. The Morgan fingerprint density at radius 3 is 2.65 bits per heavy atom. The van der Waals surface area contributed by atoms with E-state index < -0.39 is 4.92 Å². The molecule has 20 heavy (non-hydrogen) atoms. The van der Waals surface area contributed by atoms with Crippen LogP contribution < -0.4 is 5.32 Å². The molecular weight excluding hydrogens is 348 g/mol. The highest BCUT2D eigenvalue weighted by molar-refractivity contribution is 9.09. The maximum atomic E-state index is 12.0. The van der Waals surface area contributed by atoms with Crippen LogP contribution in [0.1, 0.15) is 30.6 Å². The summed E-state index contributed by atoms with van der Waals surface area (Å²) >= 11 is 9.15. The highest BCUT2D eigenvalue weighted by atomic mass is 79.9. The second kappa shape index (κ2) is 7.04.